The van der Waals surface area contributed by atoms with E-state index < -0.39 is 12.1 Å². The highest BCUT2D eigenvalue weighted by Crippen LogP contribution is 2.18. The molecule has 110 valence electrons. The van der Waals surface area contributed by atoms with E-state index in [1.165, 1.54) is 13.2 Å². The molecular weight excluding hydrogens is 268 g/mol. The summed E-state index contributed by atoms with van der Waals surface area (Å²) in [5, 5.41) is 4.06. The van der Waals surface area contributed by atoms with E-state index in [1.807, 2.05) is 13.8 Å². The third kappa shape index (κ3) is 5.15. The molecule has 1 aromatic rings. The van der Waals surface area contributed by atoms with E-state index in [9.17, 15) is 9.59 Å². The van der Waals surface area contributed by atoms with Gasteiger partial charge in [-0.15, -0.1) is 0 Å². The third-order valence-electron chi connectivity index (χ3n) is 2.07. The van der Waals surface area contributed by atoms with Crippen molar-refractivity contribution in [3.63, 3.8) is 0 Å². The van der Waals surface area contributed by atoms with Gasteiger partial charge in [0.2, 0.25) is 0 Å². The Kier molecular flexibility index (Phi) is 6.31. The lowest BCUT2D eigenvalue weighted by Crippen LogP contribution is -2.14. The minimum Gasteiger partial charge on any atom is -0.496 e. The number of hydrogen-bond acceptors (Lipinski definition) is 7. The minimum absolute atomic E-state index is 0.133. The van der Waals surface area contributed by atoms with Gasteiger partial charge in [-0.3, -0.25) is 4.89 Å². The summed E-state index contributed by atoms with van der Waals surface area (Å²) in [4.78, 5) is 31.0. The Bertz CT molecular complexity index is 456. The van der Waals surface area contributed by atoms with E-state index in [0.29, 0.717) is 5.75 Å². The Balaban J connectivity index is 2.38. The summed E-state index contributed by atoms with van der Waals surface area (Å²) in [5.41, 5.74) is 0.133. The molecule has 0 amide bonds. The van der Waals surface area contributed by atoms with E-state index in [1.54, 1.807) is 18.2 Å². The molecule has 0 saturated carbocycles. The summed E-state index contributed by atoms with van der Waals surface area (Å²) in [6.45, 7) is 3.88. The first-order valence-corrected chi connectivity index (χ1v) is 5.90. The Morgan fingerprint density at radius 3 is 2.50 bits per heavy atom. The molecule has 0 aromatic heterocycles. The van der Waals surface area contributed by atoms with Crippen LogP contribution >= 0.6 is 0 Å². The maximum atomic E-state index is 11.6. The van der Waals surface area contributed by atoms with Crippen LogP contribution in [-0.4, -0.2) is 25.8 Å². The van der Waals surface area contributed by atoms with Crippen LogP contribution in [0.3, 0.4) is 0 Å². The highest BCUT2D eigenvalue weighted by molar-refractivity contribution is 5.92. The Labute approximate surface area is 116 Å². The molecule has 0 unspecified atom stereocenters. The topological polar surface area (TPSA) is 80.3 Å². The van der Waals surface area contributed by atoms with Crippen molar-refractivity contribution < 1.29 is 33.9 Å². The van der Waals surface area contributed by atoms with E-state index >= 15 is 0 Å². The van der Waals surface area contributed by atoms with E-state index in [0.717, 1.165) is 0 Å². The number of benzene rings is 1. The van der Waals surface area contributed by atoms with Crippen molar-refractivity contribution in [2.45, 2.75) is 13.8 Å². The average molecular weight is 284 g/mol. The largest absolute Gasteiger partial charge is 0.543 e. The molecule has 7 heteroatoms. The number of hydrogen-bond donors (Lipinski definition) is 0. The van der Waals surface area contributed by atoms with Crippen molar-refractivity contribution in [1.29, 1.82) is 0 Å². The van der Waals surface area contributed by atoms with Crippen LogP contribution in [0.5, 0.6) is 5.75 Å². The number of ether oxygens (including phenoxy) is 2. The third-order valence-corrected chi connectivity index (χ3v) is 2.07. The van der Waals surface area contributed by atoms with Crippen LogP contribution in [0.15, 0.2) is 24.3 Å². The molecule has 0 radical (unpaired) electrons. The van der Waals surface area contributed by atoms with Crippen LogP contribution in [-0.2, 0) is 19.6 Å². The van der Waals surface area contributed by atoms with Crippen molar-refractivity contribution >= 4 is 12.1 Å². The lowest BCUT2D eigenvalue weighted by Gasteiger charge is -2.07. The zero-order valence-electron chi connectivity index (χ0n) is 11.5. The second kappa shape index (κ2) is 8.00. The van der Waals surface area contributed by atoms with Gasteiger partial charge < -0.3 is 9.47 Å². The van der Waals surface area contributed by atoms with Gasteiger partial charge in [-0.1, -0.05) is 26.0 Å². The molecule has 7 nitrogen and oxygen atoms in total. The van der Waals surface area contributed by atoms with Gasteiger partial charge in [-0.05, 0) is 18.1 Å². The molecule has 1 rings (SSSR count). The van der Waals surface area contributed by atoms with Gasteiger partial charge in [-0.2, -0.15) is 0 Å². The van der Waals surface area contributed by atoms with Gasteiger partial charge in [0, 0.05) is 0 Å². The second-order valence-electron chi connectivity index (χ2n) is 4.18. The highest BCUT2D eigenvalue weighted by Gasteiger charge is 2.16. The SMILES string of the molecule is COc1ccccc1C(=O)OOOC(=O)OCC(C)C. The van der Waals surface area contributed by atoms with Crippen LogP contribution in [0.25, 0.3) is 0 Å². The molecule has 0 atom stereocenters. The summed E-state index contributed by atoms with van der Waals surface area (Å²) in [6.07, 6.45) is -1.09. The number of rotatable bonds is 6. The van der Waals surface area contributed by atoms with Crippen LogP contribution in [0.4, 0.5) is 4.79 Å². The number of carbonyl (C=O) groups excluding carboxylic acids is 2. The first-order chi connectivity index (χ1) is 9.54. The summed E-state index contributed by atoms with van der Waals surface area (Å²) < 4.78 is 9.60. The maximum Gasteiger partial charge on any atom is 0.543 e. The second-order valence-corrected chi connectivity index (χ2v) is 4.18. The number of para-hydroxylation sites is 1. The first-order valence-electron chi connectivity index (χ1n) is 5.90. The fraction of sp³-hybridized carbons (Fsp3) is 0.385. The predicted octanol–water partition coefficient (Wildman–Crippen LogP) is 2.51. The Morgan fingerprint density at radius 1 is 1.15 bits per heavy atom. The Morgan fingerprint density at radius 2 is 1.85 bits per heavy atom. The molecular formula is C13H16O7. The molecule has 0 aliphatic carbocycles. The van der Waals surface area contributed by atoms with Gasteiger partial charge in [0.25, 0.3) is 0 Å². The standard InChI is InChI=1S/C13H16O7/c1-9(2)8-17-13(15)19-20-18-12(14)10-6-4-5-7-11(10)16-3/h4-7,9H,8H2,1-3H3. The fourth-order valence-corrected chi connectivity index (χ4v) is 1.19. The van der Waals surface area contributed by atoms with E-state index in [4.69, 9.17) is 4.74 Å². The van der Waals surface area contributed by atoms with Gasteiger partial charge in [0.05, 0.1) is 18.8 Å². The first kappa shape index (κ1) is 15.8. The fourth-order valence-electron chi connectivity index (χ4n) is 1.19. The van der Waals surface area contributed by atoms with Crippen molar-refractivity contribution in [2.75, 3.05) is 13.7 Å². The zero-order valence-corrected chi connectivity index (χ0v) is 11.5. The van der Waals surface area contributed by atoms with Gasteiger partial charge in [0.1, 0.15) is 11.3 Å². The summed E-state index contributed by atoms with van der Waals surface area (Å²) in [6, 6.07) is 6.36. The molecule has 0 spiro atoms. The molecule has 0 fully saturated rings. The van der Waals surface area contributed by atoms with Crippen molar-refractivity contribution in [3.05, 3.63) is 29.8 Å². The van der Waals surface area contributed by atoms with Crippen LogP contribution < -0.4 is 4.74 Å². The van der Waals surface area contributed by atoms with Crippen LogP contribution in [0.2, 0.25) is 0 Å². The number of carbonyl (C=O) groups is 2. The molecule has 0 bridgehead atoms. The highest BCUT2D eigenvalue weighted by atomic mass is 17.5. The van der Waals surface area contributed by atoms with E-state index in [2.05, 4.69) is 19.6 Å². The zero-order chi connectivity index (χ0) is 15.0. The molecule has 0 N–H and O–H groups in total. The maximum absolute atomic E-state index is 11.6. The van der Waals surface area contributed by atoms with Crippen molar-refractivity contribution in [3.8, 4) is 5.75 Å². The molecule has 20 heavy (non-hydrogen) atoms. The molecule has 0 aliphatic rings. The van der Waals surface area contributed by atoms with Crippen molar-refractivity contribution in [1.82, 2.24) is 0 Å². The lowest BCUT2D eigenvalue weighted by molar-refractivity contribution is -0.452. The number of methoxy groups -OCH3 is 1. The average Bonchev–Trinajstić information content (AvgIpc) is 2.44. The van der Waals surface area contributed by atoms with E-state index in [-0.39, 0.29) is 18.1 Å². The van der Waals surface area contributed by atoms with Gasteiger partial charge >= 0.3 is 12.1 Å². The smallest absolute Gasteiger partial charge is 0.496 e. The normalized spacial score (nSPS) is 10.0. The van der Waals surface area contributed by atoms with Crippen LogP contribution in [0, 0.1) is 5.92 Å². The molecule has 1 aromatic carbocycles. The monoisotopic (exact) mass is 284 g/mol. The van der Waals surface area contributed by atoms with Crippen LogP contribution in [0.1, 0.15) is 24.2 Å². The minimum atomic E-state index is -1.09. The van der Waals surface area contributed by atoms with Gasteiger partial charge in [0.15, 0.2) is 0 Å². The lowest BCUT2D eigenvalue weighted by atomic mass is 10.2. The Hall–Kier alpha value is -2.28. The molecule has 0 aliphatic heterocycles. The predicted molar refractivity (Wildman–Crippen MR) is 66.8 cm³/mol. The van der Waals surface area contributed by atoms with Gasteiger partial charge in [-0.25, -0.2) is 14.5 Å². The summed E-state index contributed by atoms with van der Waals surface area (Å²) >= 11 is 0. The summed E-state index contributed by atoms with van der Waals surface area (Å²) in [5.74, 6) is -0.402. The summed E-state index contributed by atoms with van der Waals surface area (Å²) in [7, 11) is 1.41. The molecule has 0 heterocycles. The molecule has 0 saturated heterocycles. The van der Waals surface area contributed by atoms with Crippen molar-refractivity contribution in [2.24, 2.45) is 5.92 Å². The quantitative estimate of drug-likeness (QED) is 0.451.